The summed E-state index contributed by atoms with van der Waals surface area (Å²) in [6.07, 6.45) is 2.07. The lowest BCUT2D eigenvalue weighted by atomic mass is 10.2. The summed E-state index contributed by atoms with van der Waals surface area (Å²) >= 11 is 0. The largest absolute Gasteiger partial charge is 0.481 e. The number of carboxylic acid groups (broad SMARTS) is 1. The molecule has 0 atom stereocenters. The summed E-state index contributed by atoms with van der Waals surface area (Å²) in [7, 11) is 0. The van der Waals surface area contributed by atoms with E-state index in [4.69, 9.17) is 9.63 Å². The number of aromatic nitrogens is 5. The molecule has 1 N–H and O–H groups in total. The Hall–Kier alpha value is -2.25. The van der Waals surface area contributed by atoms with Crippen molar-refractivity contribution in [2.75, 3.05) is 0 Å². The van der Waals surface area contributed by atoms with Crippen LogP contribution >= 0.6 is 0 Å². The Morgan fingerprint density at radius 2 is 2.41 bits per heavy atom. The predicted octanol–water partition coefficient (Wildman–Crippen LogP) is 0.0350. The third-order valence-corrected chi connectivity index (χ3v) is 2.05. The van der Waals surface area contributed by atoms with E-state index in [2.05, 4.69) is 20.5 Å². The smallest absolute Gasteiger partial charge is 0.303 e. The quantitative estimate of drug-likeness (QED) is 0.781. The summed E-state index contributed by atoms with van der Waals surface area (Å²) in [4.78, 5) is 14.4. The van der Waals surface area contributed by atoms with E-state index in [9.17, 15) is 4.79 Å². The summed E-state index contributed by atoms with van der Waals surface area (Å²) in [6, 6.07) is 0. The minimum Gasteiger partial charge on any atom is -0.481 e. The maximum atomic E-state index is 10.4. The number of aliphatic carboxylic acids is 1. The molecule has 0 unspecified atom stereocenters. The number of aryl methyl sites for hydroxylation is 2. The predicted molar refractivity (Wildman–Crippen MR) is 54.1 cm³/mol. The molecule has 2 rings (SSSR count). The Morgan fingerprint density at radius 3 is 3.06 bits per heavy atom. The van der Waals surface area contributed by atoms with Gasteiger partial charge in [0.2, 0.25) is 5.89 Å². The molecule has 2 aromatic heterocycles. The van der Waals surface area contributed by atoms with Crippen LogP contribution in [0.3, 0.4) is 0 Å². The first kappa shape index (κ1) is 11.2. The fraction of sp³-hybridized carbons (Fsp3) is 0.444. The Kier molecular flexibility index (Phi) is 3.12. The lowest BCUT2D eigenvalue weighted by Gasteiger charge is -1.92. The second-order valence-electron chi connectivity index (χ2n) is 3.54. The fourth-order valence-electron chi connectivity index (χ4n) is 1.31. The molecule has 2 aromatic rings. The highest BCUT2D eigenvalue weighted by molar-refractivity contribution is 5.66. The van der Waals surface area contributed by atoms with Gasteiger partial charge in [-0.2, -0.15) is 4.98 Å². The van der Waals surface area contributed by atoms with Crippen molar-refractivity contribution in [2.24, 2.45) is 0 Å². The molecule has 0 saturated carbocycles. The minimum absolute atomic E-state index is 0.0400. The lowest BCUT2D eigenvalue weighted by molar-refractivity contribution is -0.136. The zero-order valence-electron chi connectivity index (χ0n) is 9.20. The van der Waals surface area contributed by atoms with Gasteiger partial charge >= 0.3 is 5.97 Å². The number of carbonyl (C=O) groups is 1. The SMILES string of the molecule is Cc1noc(Cn2cc(CCC(=O)O)nn2)n1. The van der Waals surface area contributed by atoms with Gasteiger partial charge in [-0.25, -0.2) is 4.68 Å². The van der Waals surface area contributed by atoms with E-state index in [-0.39, 0.29) is 6.42 Å². The highest BCUT2D eigenvalue weighted by Crippen LogP contribution is 2.02. The zero-order valence-corrected chi connectivity index (χ0v) is 9.20. The van der Waals surface area contributed by atoms with Crippen LogP contribution in [0, 0.1) is 6.92 Å². The molecule has 0 radical (unpaired) electrons. The average molecular weight is 237 g/mol. The number of nitrogens with zero attached hydrogens (tertiary/aromatic N) is 5. The normalized spacial score (nSPS) is 10.6. The third kappa shape index (κ3) is 3.10. The molecule has 8 nitrogen and oxygen atoms in total. The Labute approximate surface area is 96.2 Å². The number of rotatable bonds is 5. The molecule has 0 spiro atoms. The summed E-state index contributed by atoms with van der Waals surface area (Å²) in [5.74, 6) is 0.149. The Balaban J connectivity index is 1.96. The van der Waals surface area contributed by atoms with E-state index < -0.39 is 5.97 Å². The molecule has 0 amide bonds. The van der Waals surface area contributed by atoms with Crippen molar-refractivity contribution < 1.29 is 14.4 Å². The van der Waals surface area contributed by atoms with Crippen molar-refractivity contribution in [1.29, 1.82) is 0 Å². The topological polar surface area (TPSA) is 107 Å². The zero-order chi connectivity index (χ0) is 12.3. The summed E-state index contributed by atoms with van der Waals surface area (Å²) in [5, 5.41) is 19.9. The van der Waals surface area contributed by atoms with Crippen LogP contribution in [0.4, 0.5) is 0 Å². The molecule has 17 heavy (non-hydrogen) atoms. The Bertz CT molecular complexity index is 518. The molecule has 0 aromatic carbocycles. The van der Waals surface area contributed by atoms with Crippen LogP contribution in [0.2, 0.25) is 0 Å². The second-order valence-corrected chi connectivity index (χ2v) is 3.54. The van der Waals surface area contributed by atoms with Gasteiger partial charge in [-0.3, -0.25) is 4.79 Å². The van der Waals surface area contributed by atoms with Gasteiger partial charge in [0.15, 0.2) is 5.82 Å². The van der Waals surface area contributed by atoms with E-state index in [1.165, 1.54) is 4.68 Å². The first-order valence-corrected chi connectivity index (χ1v) is 5.03. The minimum atomic E-state index is -0.855. The molecular weight excluding hydrogens is 226 g/mol. The average Bonchev–Trinajstić information content (AvgIpc) is 2.86. The van der Waals surface area contributed by atoms with Crippen LogP contribution in [-0.2, 0) is 17.8 Å². The Morgan fingerprint density at radius 1 is 1.59 bits per heavy atom. The maximum Gasteiger partial charge on any atom is 0.303 e. The summed E-state index contributed by atoms with van der Waals surface area (Å²) in [5.41, 5.74) is 0.628. The van der Waals surface area contributed by atoms with Crippen LogP contribution in [0.1, 0.15) is 23.8 Å². The molecule has 8 heteroatoms. The van der Waals surface area contributed by atoms with Crippen molar-refractivity contribution >= 4 is 5.97 Å². The molecule has 0 saturated heterocycles. The van der Waals surface area contributed by atoms with E-state index in [1.54, 1.807) is 13.1 Å². The van der Waals surface area contributed by atoms with Crippen molar-refractivity contribution in [3.63, 3.8) is 0 Å². The highest BCUT2D eigenvalue weighted by atomic mass is 16.5. The van der Waals surface area contributed by atoms with Crippen molar-refractivity contribution in [2.45, 2.75) is 26.3 Å². The highest BCUT2D eigenvalue weighted by Gasteiger charge is 2.07. The third-order valence-electron chi connectivity index (χ3n) is 2.05. The standard InChI is InChI=1S/C9H11N5O3/c1-6-10-8(17-12-6)5-14-4-7(11-13-14)2-3-9(15)16/h4H,2-3,5H2,1H3,(H,15,16). The van der Waals surface area contributed by atoms with Crippen molar-refractivity contribution in [3.05, 3.63) is 23.6 Å². The summed E-state index contributed by atoms with van der Waals surface area (Å²) < 4.78 is 6.46. The van der Waals surface area contributed by atoms with Gasteiger partial charge in [-0.05, 0) is 6.92 Å². The molecule has 2 heterocycles. The van der Waals surface area contributed by atoms with Crippen LogP contribution in [0.25, 0.3) is 0 Å². The van der Waals surface area contributed by atoms with Crippen molar-refractivity contribution in [3.8, 4) is 0 Å². The van der Waals surface area contributed by atoms with Gasteiger partial charge in [0.1, 0.15) is 6.54 Å². The lowest BCUT2D eigenvalue weighted by Crippen LogP contribution is -2.00. The summed E-state index contributed by atoms with van der Waals surface area (Å²) in [6.45, 7) is 2.06. The van der Waals surface area contributed by atoms with E-state index in [0.717, 1.165) is 0 Å². The number of carboxylic acids is 1. The number of hydrogen-bond donors (Lipinski definition) is 1. The van der Waals surface area contributed by atoms with Crippen molar-refractivity contribution in [1.82, 2.24) is 25.1 Å². The fourth-order valence-corrected chi connectivity index (χ4v) is 1.31. The van der Waals surface area contributed by atoms with Crippen LogP contribution < -0.4 is 0 Å². The maximum absolute atomic E-state index is 10.4. The first-order chi connectivity index (χ1) is 8.13. The van der Waals surface area contributed by atoms with Crippen LogP contribution in [0.15, 0.2) is 10.7 Å². The van der Waals surface area contributed by atoms with Gasteiger partial charge in [0.25, 0.3) is 0 Å². The van der Waals surface area contributed by atoms with Crippen LogP contribution in [-0.4, -0.2) is 36.2 Å². The molecule has 0 aliphatic carbocycles. The molecule has 0 aliphatic rings. The number of hydrogen-bond acceptors (Lipinski definition) is 6. The van der Waals surface area contributed by atoms with Crippen LogP contribution in [0.5, 0.6) is 0 Å². The second kappa shape index (κ2) is 4.73. The van der Waals surface area contributed by atoms with E-state index >= 15 is 0 Å². The molecule has 90 valence electrons. The van der Waals surface area contributed by atoms with Gasteiger partial charge in [-0.15, -0.1) is 5.10 Å². The molecule has 0 bridgehead atoms. The van der Waals surface area contributed by atoms with Gasteiger partial charge in [0.05, 0.1) is 12.1 Å². The van der Waals surface area contributed by atoms with Gasteiger partial charge in [0, 0.05) is 12.6 Å². The monoisotopic (exact) mass is 237 g/mol. The van der Waals surface area contributed by atoms with Gasteiger partial charge < -0.3 is 9.63 Å². The van der Waals surface area contributed by atoms with E-state index in [1.807, 2.05) is 0 Å². The first-order valence-electron chi connectivity index (χ1n) is 5.03. The molecule has 0 fully saturated rings. The van der Waals surface area contributed by atoms with E-state index in [0.29, 0.717) is 30.4 Å². The molecule has 0 aliphatic heterocycles. The molecular formula is C9H11N5O3. The van der Waals surface area contributed by atoms with Gasteiger partial charge in [-0.1, -0.05) is 10.4 Å².